The van der Waals surface area contributed by atoms with Gasteiger partial charge in [-0.25, -0.2) is 9.97 Å². The lowest BCUT2D eigenvalue weighted by molar-refractivity contribution is 0.801. The highest BCUT2D eigenvalue weighted by molar-refractivity contribution is 14.0. The molecule has 0 atom stereocenters. The predicted octanol–water partition coefficient (Wildman–Crippen LogP) is 2.95. The SMILES string of the molecule is CCc1cnc(CNC(=NC)NCc2ncc(C)s2)s1.I. The van der Waals surface area contributed by atoms with Crippen LogP contribution < -0.4 is 10.6 Å². The van der Waals surface area contributed by atoms with E-state index < -0.39 is 0 Å². The summed E-state index contributed by atoms with van der Waals surface area (Å²) in [6.45, 7) is 5.58. The van der Waals surface area contributed by atoms with E-state index in [4.69, 9.17) is 0 Å². The van der Waals surface area contributed by atoms with Gasteiger partial charge < -0.3 is 10.6 Å². The molecule has 116 valence electrons. The Morgan fingerprint density at radius 2 is 1.76 bits per heavy atom. The normalized spacial score (nSPS) is 11.1. The van der Waals surface area contributed by atoms with E-state index in [-0.39, 0.29) is 24.0 Å². The van der Waals surface area contributed by atoms with E-state index in [0.717, 1.165) is 22.4 Å². The minimum Gasteiger partial charge on any atom is -0.350 e. The second-order valence-corrected chi connectivity index (χ2v) is 6.74. The van der Waals surface area contributed by atoms with E-state index in [1.165, 1.54) is 9.75 Å². The minimum absolute atomic E-state index is 0. The van der Waals surface area contributed by atoms with Gasteiger partial charge in [0, 0.05) is 29.2 Å². The molecule has 0 bridgehead atoms. The van der Waals surface area contributed by atoms with Crippen molar-refractivity contribution in [2.45, 2.75) is 33.4 Å². The molecule has 0 aromatic carbocycles. The number of aryl methyl sites for hydroxylation is 2. The summed E-state index contributed by atoms with van der Waals surface area (Å²) in [5.41, 5.74) is 0. The van der Waals surface area contributed by atoms with Crippen molar-refractivity contribution in [2.75, 3.05) is 7.05 Å². The van der Waals surface area contributed by atoms with E-state index in [1.54, 1.807) is 29.7 Å². The molecule has 2 heterocycles. The van der Waals surface area contributed by atoms with Crippen molar-refractivity contribution in [1.29, 1.82) is 0 Å². The maximum absolute atomic E-state index is 4.38. The fraction of sp³-hybridized carbons (Fsp3) is 0.462. The maximum Gasteiger partial charge on any atom is 0.191 e. The predicted molar refractivity (Wildman–Crippen MR) is 101 cm³/mol. The van der Waals surface area contributed by atoms with Gasteiger partial charge in [0.25, 0.3) is 0 Å². The molecule has 2 rings (SSSR count). The van der Waals surface area contributed by atoms with Gasteiger partial charge in [-0.2, -0.15) is 0 Å². The average molecular weight is 437 g/mol. The molecule has 2 aromatic rings. The molecule has 0 radical (unpaired) electrons. The molecule has 0 unspecified atom stereocenters. The van der Waals surface area contributed by atoms with Gasteiger partial charge >= 0.3 is 0 Å². The second-order valence-electron chi connectivity index (χ2n) is 4.22. The Kier molecular flexibility index (Phi) is 8.12. The number of aromatic nitrogens is 2. The van der Waals surface area contributed by atoms with Crippen molar-refractivity contribution in [2.24, 2.45) is 4.99 Å². The first-order valence-electron chi connectivity index (χ1n) is 6.50. The first-order valence-corrected chi connectivity index (χ1v) is 8.14. The summed E-state index contributed by atoms with van der Waals surface area (Å²) in [7, 11) is 1.77. The summed E-state index contributed by atoms with van der Waals surface area (Å²) in [6, 6.07) is 0. The molecule has 0 spiro atoms. The third-order valence-electron chi connectivity index (χ3n) is 2.66. The number of guanidine groups is 1. The molecule has 0 amide bonds. The van der Waals surface area contributed by atoms with E-state index in [0.29, 0.717) is 13.1 Å². The van der Waals surface area contributed by atoms with Gasteiger partial charge in [0.2, 0.25) is 0 Å². The highest BCUT2D eigenvalue weighted by atomic mass is 127. The van der Waals surface area contributed by atoms with Gasteiger partial charge in [-0.3, -0.25) is 4.99 Å². The highest BCUT2D eigenvalue weighted by Gasteiger charge is 2.04. The summed E-state index contributed by atoms with van der Waals surface area (Å²) < 4.78 is 0. The van der Waals surface area contributed by atoms with E-state index in [2.05, 4.69) is 39.4 Å². The number of hydrogen-bond donors (Lipinski definition) is 2. The van der Waals surface area contributed by atoms with Crippen LogP contribution in [0.1, 0.15) is 26.7 Å². The second kappa shape index (κ2) is 9.31. The van der Waals surface area contributed by atoms with Gasteiger partial charge in [-0.1, -0.05) is 6.92 Å². The standard InChI is InChI=1S/C13H19N5S2.HI/c1-4-10-6-16-12(20-10)8-18-13(14-3)17-7-11-15-5-9(2)19-11;/h5-6H,4,7-8H2,1-3H3,(H2,14,17,18);1H. The zero-order valence-corrected chi connectivity index (χ0v) is 16.3. The first kappa shape index (κ1) is 18.3. The third kappa shape index (κ3) is 5.87. The molecule has 0 saturated heterocycles. The van der Waals surface area contributed by atoms with Gasteiger partial charge in [0.15, 0.2) is 5.96 Å². The van der Waals surface area contributed by atoms with Crippen LogP contribution in [0.4, 0.5) is 0 Å². The molecule has 0 aliphatic rings. The van der Waals surface area contributed by atoms with E-state index in [1.807, 2.05) is 12.4 Å². The minimum atomic E-state index is 0. The van der Waals surface area contributed by atoms with Crippen molar-refractivity contribution in [1.82, 2.24) is 20.6 Å². The van der Waals surface area contributed by atoms with Crippen molar-refractivity contribution >= 4 is 52.6 Å². The molecule has 0 fully saturated rings. The lowest BCUT2D eigenvalue weighted by atomic mass is 10.4. The Labute approximate surface area is 150 Å². The van der Waals surface area contributed by atoms with Crippen LogP contribution in [0.15, 0.2) is 17.4 Å². The van der Waals surface area contributed by atoms with Gasteiger partial charge in [-0.05, 0) is 13.3 Å². The topological polar surface area (TPSA) is 62.2 Å². The summed E-state index contributed by atoms with van der Waals surface area (Å²) in [6.07, 6.45) is 4.87. The number of hydrogen-bond acceptors (Lipinski definition) is 5. The third-order valence-corrected chi connectivity index (χ3v) is 4.71. The zero-order valence-electron chi connectivity index (χ0n) is 12.3. The lowest BCUT2D eigenvalue weighted by Crippen LogP contribution is -2.36. The number of rotatable bonds is 5. The lowest BCUT2D eigenvalue weighted by Gasteiger charge is -2.09. The van der Waals surface area contributed by atoms with Crippen molar-refractivity contribution in [3.63, 3.8) is 0 Å². The number of aliphatic imine (C=N–C) groups is 1. The number of nitrogens with zero attached hydrogens (tertiary/aromatic N) is 3. The molecule has 0 saturated carbocycles. The average Bonchev–Trinajstić information content (AvgIpc) is 3.08. The largest absolute Gasteiger partial charge is 0.350 e. The fourth-order valence-corrected chi connectivity index (χ4v) is 3.14. The smallest absolute Gasteiger partial charge is 0.191 e. The maximum atomic E-state index is 4.38. The first-order chi connectivity index (χ1) is 9.71. The fourth-order valence-electron chi connectivity index (χ4n) is 1.62. The quantitative estimate of drug-likeness (QED) is 0.429. The van der Waals surface area contributed by atoms with Gasteiger partial charge in [0.1, 0.15) is 10.0 Å². The summed E-state index contributed by atoms with van der Waals surface area (Å²) in [5.74, 6) is 0.770. The Morgan fingerprint density at radius 1 is 1.14 bits per heavy atom. The Hall–Kier alpha value is -0.740. The van der Waals surface area contributed by atoms with Crippen molar-refractivity contribution < 1.29 is 0 Å². The van der Waals surface area contributed by atoms with E-state index >= 15 is 0 Å². The molecule has 2 N–H and O–H groups in total. The Bertz CT molecular complexity index is 579. The van der Waals surface area contributed by atoms with Crippen LogP contribution in [0.5, 0.6) is 0 Å². The monoisotopic (exact) mass is 437 g/mol. The van der Waals surface area contributed by atoms with Crippen LogP contribution in [0.25, 0.3) is 0 Å². The Morgan fingerprint density at radius 3 is 2.24 bits per heavy atom. The Balaban J connectivity index is 0.00000220. The molecule has 0 aliphatic heterocycles. The van der Waals surface area contributed by atoms with Crippen LogP contribution in [-0.4, -0.2) is 23.0 Å². The molecular weight excluding hydrogens is 417 g/mol. The summed E-state index contributed by atoms with van der Waals surface area (Å²) >= 11 is 3.43. The zero-order chi connectivity index (χ0) is 14.4. The van der Waals surface area contributed by atoms with Crippen LogP contribution in [0.2, 0.25) is 0 Å². The van der Waals surface area contributed by atoms with Crippen LogP contribution in [0.3, 0.4) is 0 Å². The molecule has 21 heavy (non-hydrogen) atoms. The number of nitrogens with one attached hydrogen (secondary N) is 2. The van der Waals surface area contributed by atoms with Crippen LogP contribution >= 0.6 is 46.7 Å². The molecule has 2 aromatic heterocycles. The number of thiazole rings is 2. The summed E-state index contributed by atoms with van der Waals surface area (Å²) in [4.78, 5) is 15.4. The van der Waals surface area contributed by atoms with Crippen molar-refractivity contribution in [3.8, 4) is 0 Å². The molecule has 8 heteroatoms. The molecular formula is C13H20IN5S2. The van der Waals surface area contributed by atoms with Crippen LogP contribution in [0, 0.1) is 6.92 Å². The van der Waals surface area contributed by atoms with Crippen LogP contribution in [-0.2, 0) is 19.5 Å². The number of halogens is 1. The summed E-state index contributed by atoms with van der Waals surface area (Å²) in [5, 5.41) is 8.66. The molecule has 5 nitrogen and oxygen atoms in total. The van der Waals surface area contributed by atoms with Gasteiger partial charge in [-0.15, -0.1) is 46.7 Å². The molecule has 0 aliphatic carbocycles. The van der Waals surface area contributed by atoms with Crippen molar-refractivity contribution in [3.05, 3.63) is 32.2 Å². The van der Waals surface area contributed by atoms with Gasteiger partial charge in [0.05, 0.1) is 13.1 Å². The highest BCUT2D eigenvalue weighted by Crippen LogP contribution is 2.13. The van der Waals surface area contributed by atoms with E-state index in [9.17, 15) is 0 Å².